The number of rotatable bonds is 10. The van der Waals surface area contributed by atoms with Gasteiger partial charge in [0.1, 0.15) is 35.4 Å². The lowest BCUT2D eigenvalue weighted by atomic mass is 9.96. The molecule has 13 nitrogen and oxygen atoms in total. The van der Waals surface area contributed by atoms with Gasteiger partial charge in [0.2, 0.25) is 0 Å². The first-order valence-electron chi connectivity index (χ1n) is 13.0. The van der Waals surface area contributed by atoms with Crippen molar-refractivity contribution in [1.82, 2.24) is 9.99 Å². The molecule has 2 heterocycles. The summed E-state index contributed by atoms with van der Waals surface area (Å²) in [4.78, 5) is 28.8. The summed E-state index contributed by atoms with van der Waals surface area (Å²) in [6, 6.07) is 4.94. The molecule has 0 aliphatic carbocycles. The van der Waals surface area contributed by atoms with Gasteiger partial charge in [-0.2, -0.15) is 10.1 Å². The summed E-state index contributed by atoms with van der Waals surface area (Å²) in [6.45, 7) is -0.301. The molecule has 2 aliphatic heterocycles. The predicted molar refractivity (Wildman–Crippen MR) is 128 cm³/mol. The van der Waals surface area contributed by atoms with Crippen LogP contribution < -0.4 is 15.3 Å². The van der Waals surface area contributed by atoms with Crippen LogP contribution in [0.1, 0.15) is 39.6 Å². The number of hydrogen-bond donors (Lipinski definition) is 4. The van der Waals surface area contributed by atoms with Crippen molar-refractivity contribution in [2.75, 3.05) is 13.1 Å². The Bertz CT molecular complexity index is 1190. The minimum Gasteiger partial charge on any atom is -0.462 e. The van der Waals surface area contributed by atoms with Crippen molar-refractivity contribution in [3.8, 4) is 5.75 Å². The van der Waals surface area contributed by atoms with Crippen molar-refractivity contribution in [1.29, 1.82) is 0 Å². The van der Waals surface area contributed by atoms with Crippen LogP contribution in [-0.2, 0) is 23.4 Å². The van der Waals surface area contributed by atoms with Crippen LogP contribution in [0.5, 0.6) is 5.75 Å². The quantitative estimate of drug-likeness (QED) is 0.250. The molecule has 1 aromatic rings. The number of hydrogen-bond acceptors (Lipinski definition) is 10. The number of carbonyl (C=O) groups excluding carboxylic acids is 2. The third kappa shape index (κ3) is 6.61. The van der Waals surface area contributed by atoms with E-state index in [1.165, 1.54) is 31.2 Å². The minimum absolute atomic E-state index is 0.0288. The molecule has 0 unspecified atom stereocenters. The fraction of sp³-hybridized carbons (Fsp3) is 0.591. The molecule has 5 N–H and O–H groups in total. The van der Waals surface area contributed by atoms with Crippen molar-refractivity contribution in [3.05, 3.63) is 30.3 Å². The number of amides is 2. The predicted octanol–water partition coefficient (Wildman–Crippen LogP) is 1.14. The first kappa shape index (κ1) is 22.6. The zero-order valence-corrected chi connectivity index (χ0v) is 21.0. The fourth-order valence-electron chi connectivity index (χ4n) is 3.29. The number of para-hydroxylation sites is 1. The van der Waals surface area contributed by atoms with Gasteiger partial charge in [-0.05, 0) is 39.8 Å². The van der Waals surface area contributed by atoms with Crippen LogP contribution in [0.15, 0.2) is 35.3 Å². The summed E-state index contributed by atoms with van der Waals surface area (Å²) in [5.74, 6) is -1.18. The zero-order chi connectivity index (χ0) is 30.3. The zero-order valence-electron chi connectivity index (χ0n) is 24.2. The number of nitrogens with zero attached hydrogens (tertiary/aromatic N) is 2. The number of carbonyl (C=O) groups is 2. The number of ether oxygens (including phenoxy) is 2. The number of urea groups is 1. The Morgan fingerprint density at radius 2 is 2.11 bits per heavy atom. The van der Waals surface area contributed by atoms with Crippen LogP contribution in [0.25, 0.3) is 0 Å². The Hall–Kier alpha value is -2.54. The molecule has 2 amide bonds. The Balaban J connectivity index is 1.93. The second-order valence-corrected chi connectivity index (χ2v) is 10.2. The third-order valence-corrected chi connectivity index (χ3v) is 6.59. The Labute approximate surface area is 214 Å². The van der Waals surface area contributed by atoms with Gasteiger partial charge in [0.05, 0.1) is 18.1 Å². The number of aliphatic imine (C=N–C) groups is 1. The lowest BCUT2D eigenvalue weighted by Crippen LogP contribution is -2.56. The van der Waals surface area contributed by atoms with Gasteiger partial charge in [0, 0.05) is 12.9 Å². The normalized spacial score (nSPS) is 32.4. The second kappa shape index (κ2) is 11.2. The van der Waals surface area contributed by atoms with Gasteiger partial charge in [0.25, 0.3) is 0 Å². The van der Waals surface area contributed by atoms with Gasteiger partial charge < -0.3 is 29.9 Å². The highest BCUT2D eigenvalue weighted by atomic mass is 31.2. The van der Waals surface area contributed by atoms with Gasteiger partial charge in [0.15, 0.2) is 6.23 Å². The van der Waals surface area contributed by atoms with E-state index < -0.39 is 75.4 Å². The lowest BCUT2D eigenvalue weighted by Gasteiger charge is -2.36. The average molecular weight is 533 g/mol. The van der Waals surface area contributed by atoms with E-state index in [4.69, 9.17) is 29.7 Å². The van der Waals surface area contributed by atoms with E-state index in [0.29, 0.717) is 4.90 Å². The molecule has 0 saturated carbocycles. The smallest absolute Gasteiger partial charge is 0.459 e. The molecule has 0 bridgehead atoms. The maximum Gasteiger partial charge on any atom is 0.459 e. The molecule has 3 rings (SSSR count). The molecular formula is C22H33N4O9P. The molecule has 0 radical (unpaired) electrons. The molecule has 0 spiro atoms. The van der Waals surface area contributed by atoms with Crippen LogP contribution in [-0.4, -0.2) is 82.2 Å². The highest BCUT2D eigenvalue weighted by molar-refractivity contribution is 7.52. The number of esters is 1. The van der Waals surface area contributed by atoms with Gasteiger partial charge >= 0.3 is 19.7 Å². The number of aliphatic hydroxyl groups excluding tert-OH is 1. The number of benzene rings is 1. The number of nitrogens with one attached hydrogen (secondary N) is 1. The third-order valence-electron chi connectivity index (χ3n) is 5.09. The summed E-state index contributed by atoms with van der Waals surface area (Å²) in [5, 5.41) is 24.2. The Morgan fingerprint density at radius 3 is 2.72 bits per heavy atom. The van der Waals surface area contributed by atoms with E-state index in [1.807, 2.05) is 0 Å². The fourth-order valence-corrected chi connectivity index (χ4v) is 4.65. The molecular weight excluding hydrogens is 495 g/mol. The van der Waals surface area contributed by atoms with Gasteiger partial charge in [-0.3, -0.25) is 14.2 Å². The highest BCUT2D eigenvalue weighted by Crippen LogP contribution is 2.46. The first-order valence-corrected chi connectivity index (χ1v) is 12.6. The first-order chi connectivity index (χ1) is 18.3. The van der Waals surface area contributed by atoms with Crippen molar-refractivity contribution in [2.24, 2.45) is 10.7 Å². The van der Waals surface area contributed by atoms with Crippen LogP contribution >= 0.6 is 7.75 Å². The van der Waals surface area contributed by atoms with Crippen LogP contribution in [0.4, 0.5) is 4.79 Å². The lowest BCUT2D eigenvalue weighted by molar-refractivity contribution is -0.149. The summed E-state index contributed by atoms with van der Waals surface area (Å²) < 4.78 is 68.5. The summed E-state index contributed by atoms with van der Waals surface area (Å²) >= 11 is 0. The van der Waals surface area contributed by atoms with E-state index in [-0.39, 0.29) is 11.6 Å². The molecule has 14 heteroatoms. The van der Waals surface area contributed by atoms with Gasteiger partial charge in [-0.15, -0.1) is 0 Å². The van der Waals surface area contributed by atoms with Crippen molar-refractivity contribution in [2.45, 2.75) is 70.3 Å². The van der Waals surface area contributed by atoms with Crippen molar-refractivity contribution < 1.29 is 48.4 Å². The molecule has 1 aromatic carbocycles. The Kier molecular flexibility index (Phi) is 7.07. The monoisotopic (exact) mass is 532 g/mol. The summed E-state index contributed by atoms with van der Waals surface area (Å²) in [6.07, 6.45) is -7.32. The maximum atomic E-state index is 13.8. The van der Waals surface area contributed by atoms with E-state index in [1.54, 1.807) is 19.9 Å². The topological polar surface area (TPSA) is 182 Å². The summed E-state index contributed by atoms with van der Waals surface area (Å²) in [5.41, 5.74) is 3.06. The molecule has 6 atom stereocenters. The molecule has 200 valence electrons. The van der Waals surface area contributed by atoms with E-state index in [0.717, 1.165) is 6.92 Å². The van der Waals surface area contributed by atoms with Crippen LogP contribution in [0, 0.1) is 0 Å². The van der Waals surface area contributed by atoms with E-state index in [2.05, 4.69) is 10.1 Å². The second-order valence-electron chi connectivity index (χ2n) is 8.62. The number of nitrogens with two attached hydrogens (primary N) is 1. The highest BCUT2D eigenvalue weighted by Gasteiger charge is 2.56. The number of amidine groups is 1. The minimum atomic E-state index is -4.83. The van der Waals surface area contributed by atoms with E-state index in [9.17, 15) is 24.4 Å². The van der Waals surface area contributed by atoms with Crippen molar-refractivity contribution in [3.63, 3.8) is 0 Å². The molecule has 2 aliphatic rings. The molecule has 36 heavy (non-hydrogen) atoms. The summed E-state index contributed by atoms with van der Waals surface area (Å²) in [7, 11) is -4.83. The van der Waals surface area contributed by atoms with Crippen LogP contribution in [0.3, 0.4) is 0 Å². The van der Waals surface area contributed by atoms with E-state index >= 15 is 0 Å². The average Bonchev–Trinajstić information content (AvgIpc) is 3.01. The largest absolute Gasteiger partial charge is 0.462 e. The van der Waals surface area contributed by atoms with Crippen LogP contribution in [0.2, 0.25) is 0 Å². The molecule has 0 aromatic heterocycles. The standard InChI is InChI=1S/C22H33N4O9P/c1-13(2)33-19(28)14(3)25-36(31,35-15-8-6-5-7-9-15)32-12-16-18(27)22(4,30)20(34-16)26-11-10-17(23)24-21(26)29/h5-9,13-14,16,18,20,27,30H,10-12H2,1-4H3,(H,25,31)(H2,23,24,29)/t14-,16+,18+,20+,22+,36-/m0/s1/i11D2,12D2. The Morgan fingerprint density at radius 1 is 1.44 bits per heavy atom. The molecule has 1 saturated heterocycles. The maximum absolute atomic E-state index is 13.8. The van der Waals surface area contributed by atoms with Gasteiger partial charge in [-0.25, -0.2) is 9.36 Å². The van der Waals surface area contributed by atoms with Gasteiger partial charge in [-0.1, -0.05) is 18.2 Å². The van der Waals surface area contributed by atoms with Crippen molar-refractivity contribution >= 4 is 25.6 Å². The number of aliphatic hydroxyl groups is 2. The SMILES string of the molecule is [2H]C([2H])(O[P@@](=O)(N[C@@H](C)C(=O)OC(C)C)Oc1ccccc1)[C@H]1O[C@@H](N2C(=O)N=C(N)CC2([2H])[2H])[C@](C)(O)[C@@H]1O. The molecule has 1 fully saturated rings.